The maximum Gasteiger partial charge on any atom is 0.295 e. The highest BCUT2D eigenvalue weighted by molar-refractivity contribution is 6.43. The number of hydrogen-bond donors (Lipinski definition) is 0. The lowest BCUT2D eigenvalue weighted by molar-refractivity contribution is -0.154. The molecule has 3 aromatic carbocycles. The summed E-state index contributed by atoms with van der Waals surface area (Å²) in [6, 6.07) is 13.8. The molecule has 1 aliphatic rings. The van der Waals surface area contributed by atoms with Crippen molar-refractivity contribution >= 4 is 17.6 Å². The third-order valence-corrected chi connectivity index (χ3v) is 10.3. The molecule has 0 saturated carbocycles. The monoisotopic (exact) mass is 792 g/mol. The fourth-order valence-corrected chi connectivity index (χ4v) is 7.53. The Morgan fingerprint density at radius 3 is 1.58 bits per heavy atom. The minimum atomic E-state index is -0.758. The summed E-state index contributed by atoms with van der Waals surface area (Å²) in [4.78, 5) is 45.5. The van der Waals surface area contributed by atoms with Crippen molar-refractivity contribution in [3.8, 4) is 40.2 Å². The molecule has 314 valence electrons. The van der Waals surface area contributed by atoms with Crippen LogP contribution in [0.5, 0.6) is 40.2 Å². The standard InChI is InChI=1S/C43H58N2O10.C2H6/c1-10-13-33-42(47)44(26-28(2)45(33)43(48)40(46)32-24-38(53-7)41(55-9)39(25-32)54-8)27-31(16-11-14-29-18-20-34(49-3)36(22-29)51-5)17-12-15-30-19-21-35(50-4)37(23-30)52-6;1-2/h18-25,28,31,33H,10-17,26-27H2,1-9H3;1-2H3. The van der Waals surface area contributed by atoms with Crippen LogP contribution in [0.15, 0.2) is 48.5 Å². The number of hydrogen-bond acceptors (Lipinski definition) is 10. The summed E-state index contributed by atoms with van der Waals surface area (Å²) >= 11 is 0. The second-order valence-electron chi connectivity index (χ2n) is 13.9. The predicted molar refractivity (Wildman–Crippen MR) is 222 cm³/mol. The highest BCUT2D eigenvalue weighted by atomic mass is 16.5. The van der Waals surface area contributed by atoms with Crippen LogP contribution in [-0.4, -0.2) is 102 Å². The van der Waals surface area contributed by atoms with Gasteiger partial charge in [0, 0.05) is 24.7 Å². The highest BCUT2D eigenvalue weighted by Crippen LogP contribution is 2.39. The third-order valence-electron chi connectivity index (χ3n) is 10.3. The average molecular weight is 793 g/mol. The van der Waals surface area contributed by atoms with Gasteiger partial charge in [0.05, 0.1) is 49.8 Å². The van der Waals surface area contributed by atoms with Crippen molar-refractivity contribution in [2.45, 2.75) is 91.1 Å². The Bertz CT molecular complexity index is 1680. The first-order valence-corrected chi connectivity index (χ1v) is 19.9. The van der Waals surface area contributed by atoms with E-state index in [0.717, 1.165) is 49.7 Å². The SMILES string of the molecule is CC.CCCC1C(=O)N(CC(CCCc2ccc(OC)c(OC)c2)CCCc2ccc(OC)c(OC)c2)CC(C)N1C(=O)C(=O)c1cc(OC)c(OC)c(OC)c1. The molecule has 1 aliphatic heterocycles. The van der Waals surface area contributed by atoms with Crippen LogP contribution in [0, 0.1) is 5.92 Å². The maximum atomic E-state index is 14.3. The molecule has 4 rings (SSSR count). The smallest absolute Gasteiger partial charge is 0.295 e. The van der Waals surface area contributed by atoms with Crippen LogP contribution in [-0.2, 0) is 22.4 Å². The summed E-state index contributed by atoms with van der Waals surface area (Å²) in [5.74, 6) is 2.24. The first kappa shape index (κ1) is 46.3. The van der Waals surface area contributed by atoms with Gasteiger partial charge in [-0.15, -0.1) is 0 Å². The van der Waals surface area contributed by atoms with E-state index in [1.54, 1.807) is 28.4 Å². The van der Waals surface area contributed by atoms with Crippen LogP contribution < -0.4 is 33.2 Å². The number of ketones is 1. The van der Waals surface area contributed by atoms with Crippen molar-refractivity contribution < 1.29 is 47.5 Å². The Labute approximate surface area is 339 Å². The number of methoxy groups -OCH3 is 7. The summed E-state index contributed by atoms with van der Waals surface area (Å²) < 4.78 is 38.1. The summed E-state index contributed by atoms with van der Waals surface area (Å²) in [5.41, 5.74) is 2.40. The maximum absolute atomic E-state index is 14.3. The number of piperazine rings is 1. The fraction of sp³-hybridized carbons (Fsp3) is 0.533. The van der Waals surface area contributed by atoms with Gasteiger partial charge in [0.25, 0.3) is 11.7 Å². The van der Waals surface area contributed by atoms with E-state index in [2.05, 4.69) is 12.1 Å². The van der Waals surface area contributed by atoms with Crippen molar-refractivity contribution in [3.05, 3.63) is 65.2 Å². The van der Waals surface area contributed by atoms with Crippen LogP contribution in [0.3, 0.4) is 0 Å². The number of ether oxygens (including phenoxy) is 7. The molecule has 1 fully saturated rings. The molecule has 0 aromatic heterocycles. The number of aryl methyl sites for hydroxylation is 2. The summed E-state index contributed by atoms with van der Waals surface area (Å²) in [5, 5.41) is 0. The Morgan fingerprint density at radius 2 is 1.16 bits per heavy atom. The lowest BCUT2D eigenvalue weighted by atomic mass is 9.91. The fourth-order valence-electron chi connectivity index (χ4n) is 7.53. The van der Waals surface area contributed by atoms with Gasteiger partial charge in [-0.05, 0) is 105 Å². The summed E-state index contributed by atoms with van der Waals surface area (Å²) in [6.45, 7) is 8.77. The Kier molecular flexibility index (Phi) is 18.8. The van der Waals surface area contributed by atoms with Gasteiger partial charge >= 0.3 is 0 Å². The molecular formula is C45H64N2O10. The van der Waals surface area contributed by atoms with Gasteiger partial charge in [0.1, 0.15) is 6.04 Å². The zero-order valence-electron chi connectivity index (χ0n) is 35.9. The Balaban J connectivity index is 0.00000428. The number of amides is 2. The number of nitrogens with zero attached hydrogens (tertiary/aromatic N) is 2. The van der Waals surface area contributed by atoms with Gasteiger partial charge in [-0.2, -0.15) is 0 Å². The predicted octanol–water partition coefficient (Wildman–Crippen LogP) is 7.85. The van der Waals surface area contributed by atoms with E-state index in [1.807, 2.05) is 56.9 Å². The molecule has 0 radical (unpaired) electrons. The lowest BCUT2D eigenvalue weighted by Crippen LogP contribution is -2.64. The number of Topliss-reactive ketones (excluding diaryl/α,β-unsaturated/α-hetero) is 1. The minimum absolute atomic E-state index is 0.0980. The highest BCUT2D eigenvalue weighted by Gasteiger charge is 2.43. The second-order valence-corrected chi connectivity index (χ2v) is 13.9. The van der Waals surface area contributed by atoms with Crippen LogP contribution >= 0.6 is 0 Å². The first-order chi connectivity index (χ1) is 27.6. The molecule has 2 atom stereocenters. The van der Waals surface area contributed by atoms with Crippen LogP contribution in [0.2, 0.25) is 0 Å². The average Bonchev–Trinajstić information content (AvgIpc) is 3.24. The zero-order valence-corrected chi connectivity index (χ0v) is 35.9. The van der Waals surface area contributed by atoms with Gasteiger partial charge in [-0.3, -0.25) is 14.4 Å². The van der Waals surface area contributed by atoms with E-state index in [0.29, 0.717) is 54.7 Å². The molecule has 12 nitrogen and oxygen atoms in total. The van der Waals surface area contributed by atoms with E-state index in [1.165, 1.54) is 38.4 Å². The molecule has 2 unspecified atom stereocenters. The zero-order chi connectivity index (χ0) is 42.1. The molecule has 57 heavy (non-hydrogen) atoms. The van der Waals surface area contributed by atoms with Gasteiger partial charge in [0.2, 0.25) is 11.7 Å². The number of benzene rings is 3. The van der Waals surface area contributed by atoms with Crippen molar-refractivity contribution in [2.75, 3.05) is 62.9 Å². The topological polar surface area (TPSA) is 122 Å². The molecule has 1 saturated heterocycles. The number of carbonyl (C=O) groups excluding carboxylic acids is 3. The van der Waals surface area contributed by atoms with E-state index in [-0.39, 0.29) is 34.9 Å². The summed E-state index contributed by atoms with van der Waals surface area (Å²) in [6.07, 6.45) is 6.44. The molecule has 1 heterocycles. The second kappa shape index (κ2) is 23.2. The van der Waals surface area contributed by atoms with Gasteiger partial charge in [-0.25, -0.2) is 0 Å². The number of rotatable bonds is 21. The van der Waals surface area contributed by atoms with Crippen LogP contribution in [0.1, 0.15) is 87.7 Å². The van der Waals surface area contributed by atoms with Crippen LogP contribution in [0.25, 0.3) is 0 Å². The quantitative estimate of drug-likeness (QED) is 0.0779. The molecule has 3 aromatic rings. The van der Waals surface area contributed by atoms with Gasteiger partial charge in [0.15, 0.2) is 34.5 Å². The van der Waals surface area contributed by atoms with Crippen LogP contribution in [0.4, 0.5) is 0 Å². The van der Waals surface area contributed by atoms with E-state index >= 15 is 0 Å². The third kappa shape index (κ3) is 11.7. The normalized spacial score (nSPS) is 15.1. The molecule has 0 aliphatic carbocycles. The molecule has 12 heteroatoms. The van der Waals surface area contributed by atoms with Gasteiger partial charge in [-0.1, -0.05) is 39.3 Å². The van der Waals surface area contributed by atoms with Crippen molar-refractivity contribution in [1.29, 1.82) is 0 Å². The first-order valence-electron chi connectivity index (χ1n) is 19.9. The largest absolute Gasteiger partial charge is 0.493 e. The Morgan fingerprint density at radius 1 is 0.684 bits per heavy atom. The summed E-state index contributed by atoms with van der Waals surface area (Å²) in [7, 11) is 10.9. The molecule has 2 amide bonds. The Hall–Kier alpha value is -5.13. The number of carbonyl (C=O) groups is 3. The minimum Gasteiger partial charge on any atom is -0.493 e. The molecule has 0 N–H and O–H groups in total. The van der Waals surface area contributed by atoms with Gasteiger partial charge < -0.3 is 43.0 Å². The molecule has 0 bridgehead atoms. The van der Waals surface area contributed by atoms with E-state index < -0.39 is 17.7 Å². The molecule has 0 spiro atoms. The van der Waals surface area contributed by atoms with Crippen molar-refractivity contribution in [2.24, 2.45) is 5.92 Å². The van der Waals surface area contributed by atoms with E-state index in [4.69, 9.17) is 33.2 Å². The van der Waals surface area contributed by atoms with Crippen molar-refractivity contribution in [1.82, 2.24) is 9.80 Å². The van der Waals surface area contributed by atoms with E-state index in [9.17, 15) is 14.4 Å². The molecular weight excluding hydrogens is 728 g/mol. The lowest BCUT2D eigenvalue weighted by Gasteiger charge is -2.45. The van der Waals surface area contributed by atoms with Crippen molar-refractivity contribution in [3.63, 3.8) is 0 Å².